The van der Waals surface area contributed by atoms with E-state index in [9.17, 15) is 8.78 Å². The zero-order valence-corrected chi connectivity index (χ0v) is 17.3. The van der Waals surface area contributed by atoms with Crippen LogP contribution in [0.15, 0.2) is 60.6 Å². The van der Waals surface area contributed by atoms with Crippen molar-refractivity contribution in [2.45, 2.75) is 6.92 Å². The second-order valence-corrected chi connectivity index (χ2v) is 7.01. The highest BCUT2D eigenvalue weighted by Gasteiger charge is 2.18. The van der Waals surface area contributed by atoms with Crippen molar-refractivity contribution in [3.63, 3.8) is 0 Å². The molecule has 2 N–H and O–H groups in total. The Hall–Kier alpha value is -4.14. The molecule has 3 aromatic heterocycles. The van der Waals surface area contributed by atoms with Crippen LogP contribution in [-0.4, -0.2) is 27.8 Å². The second-order valence-electron chi connectivity index (χ2n) is 7.01. The Morgan fingerprint density at radius 1 is 1.12 bits per heavy atom. The summed E-state index contributed by atoms with van der Waals surface area (Å²) in [6.07, 6.45) is 5.67. The molecule has 1 aromatic carbocycles. The van der Waals surface area contributed by atoms with Crippen LogP contribution in [0.25, 0.3) is 22.3 Å². The molecule has 0 radical (unpaired) electrons. The molecule has 0 unspecified atom stereocenters. The number of nitrogens with zero attached hydrogens (tertiary/aromatic N) is 4. The number of benzene rings is 1. The Labute approximate surface area is 182 Å². The Kier molecular flexibility index (Phi) is 5.63. The fraction of sp³-hybridized carbons (Fsp3) is 0.0870. The van der Waals surface area contributed by atoms with Crippen LogP contribution < -0.4 is 10.6 Å². The van der Waals surface area contributed by atoms with Gasteiger partial charge in [-0.2, -0.15) is 0 Å². The number of aliphatic imine (C=N–C) groups is 1. The van der Waals surface area contributed by atoms with Gasteiger partial charge in [0.1, 0.15) is 23.7 Å². The lowest BCUT2D eigenvalue weighted by Gasteiger charge is -2.14. The lowest BCUT2D eigenvalue weighted by Crippen LogP contribution is -2.08. The van der Waals surface area contributed by atoms with E-state index in [0.29, 0.717) is 28.2 Å². The molecule has 0 bridgehead atoms. The first-order valence-electron chi connectivity index (χ1n) is 9.59. The highest BCUT2D eigenvalue weighted by molar-refractivity contribution is 5.81. The quantitative estimate of drug-likeness (QED) is 0.327. The summed E-state index contributed by atoms with van der Waals surface area (Å²) >= 11 is 0. The predicted octanol–water partition coefficient (Wildman–Crippen LogP) is 5.08. The van der Waals surface area contributed by atoms with E-state index in [0.717, 1.165) is 12.3 Å². The van der Waals surface area contributed by atoms with Crippen LogP contribution in [0.5, 0.6) is 0 Å². The first-order valence-corrected chi connectivity index (χ1v) is 9.59. The highest BCUT2D eigenvalue weighted by Crippen LogP contribution is 2.33. The average Bonchev–Trinajstić information content (AvgIpc) is 3.20. The van der Waals surface area contributed by atoms with Gasteiger partial charge in [0.05, 0.1) is 46.4 Å². The van der Waals surface area contributed by atoms with Gasteiger partial charge in [-0.25, -0.2) is 18.2 Å². The summed E-state index contributed by atoms with van der Waals surface area (Å²) in [6, 6.07) is 6.92. The van der Waals surface area contributed by atoms with Gasteiger partial charge in [0, 0.05) is 24.9 Å². The molecule has 3 heterocycles. The molecule has 0 saturated carbocycles. The fourth-order valence-corrected chi connectivity index (χ4v) is 3.28. The minimum absolute atomic E-state index is 0.000234. The van der Waals surface area contributed by atoms with E-state index in [4.69, 9.17) is 0 Å². The molecular weight excluding hydrogens is 417 g/mol. The second kappa shape index (κ2) is 8.54. The molecule has 32 heavy (non-hydrogen) atoms. The average molecular weight is 436 g/mol. The molecule has 0 aliphatic carbocycles. The van der Waals surface area contributed by atoms with E-state index in [-0.39, 0.29) is 16.9 Å². The van der Waals surface area contributed by atoms with Crippen molar-refractivity contribution >= 4 is 28.9 Å². The third kappa shape index (κ3) is 3.92. The van der Waals surface area contributed by atoms with Gasteiger partial charge in [-0.15, -0.1) is 0 Å². The summed E-state index contributed by atoms with van der Waals surface area (Å²) in [5.74, 6) is -2.10. The van der Waals surface area contributed by atoms with Gasteiger partial charge in [0.2, 0.25) is 0 Å². The van der Waals surface area contributed by atoms with E-state index in [1.54, 1.807) is 36.7 Å². The van der Waals surface area contributed by atoms with Crippen molar-refractivity contribution in [3.8, 4) is 11.1 Å². The van der Waals surface area contributed by atoms with Gasteiger partial charge in [-0.05, 0) is 25.1 Å². The van der Waals surface area contributed by atoms with E-state index in [1.165, 1.54) is 24.8 Å². The summed E-state index contributed by atoms with van der Waals surface area (Å²) in [5, 5.41) is 5.71. The van der Waals surface area contributed by atoms with Gasteiger partial charge in [-0.3, -0.25) is 9.98 Å². The number of imidazole rings is 1. The molecule has 0 spiro atoms. The fourth-order valence-electron chi connectivity index (χ4n) is 3.28. The molecule has 0 aliphatic heterocycles. The SMILES string of the molecule is C=C(NC=NC)c1ncn2cc(-c3c(F)ccc(Nc4cc(F)cnc4C)c3F)ccc12. The number of rotatable bonds is 6. The largest absolute Gasteiger partial charge is 0.352 e. The molecule has 4 aromatic rings. The minimum Gasteiger partial charge on any atom is -0.352 e. The lowest BCUT2D eigenvalue weighted by atomic mass is 10.0. The molecule has 0 atom stereocenters. The number of pyridine rings is 2. The Morgan fingerprint density at radius 3 is 2.72 bits per heavy atom. The van der Waals surface area contributed by atoms with Crippen molar-refractivity contribution < 1.29 is 13.2 Å². The standard InChI is InChI=1S/C23H19F3N6/c1-13-19(8-16(24)9-28-13)31-18-6-5-17(25)21(22(18)26)15-4-7-20-23(14(2)29-11-27-3)30-12-32(20)10-15/h4-12,31H,2H2,1,3H3,(H,27,29). The maximum atomic E-state index is 15.3. The van der Waals surface area contributed by atoms with Gasteiger partial charge in [0.25, 0.3) is 0 Å². The molecule has 0 aliphatic rings. The van der Waals surface area contributed by atoms with Crippen molar-refractivity contribution in [1.29, 1.82) is 0 Å². The molecule has 0 fully saturated rings. The first-order chi connectivity index (χ1) is 15.4. The van der Waals surface area contributed by atoms with Crippen LogP contribution >= 0.6 is 0 Å². The topological polar surface area (TPSA) is 66.6 Å². The third-order valence-electron chi connectivity index (χ3n) is 4.89. The summed E-state index contributed by atoms with van der Waals surface area (Å²) in [4.78, 5) is 12.1. The molecule has 9 heteroatoms. The molecule has 0 saturated heterocycles. The smallest absolute Gasteiger partial charge is 0.157 e. The van der Waals surface area contributed by atoms with Gasteiger partial charge in [-0.1, -0.05) is 12.6 Å². The Balaban J connectivity index is 1.74. The number of anilines is 2. The number of nitrogens with one attached hydrogen (secondary N) is 2. The normalized spacial score (nSPS) is 11.3. The van der Waals surface area contributed by atoms with Gasteiger partial charge >= 0.3 is 0 Å². The molecular formula is C23H19F3N6. The first kappa shape index (κ1) is 21.1. The van der Waals surface area contributed by atoms with Crippen LogP contribution in [0.2, 0.25) is 0 Å². The van der Waals surface area contributed by atoms with Crippen LogP contribution in [0, 0.1) is 24.4 Å². The van der Waals surface area contributed by atoms with Crippen molar-refractivity contribution in [2.24, 2.45) is 4.99 Å². The number of hydrogen-bond acceptors (Lipinski definition) is 4. The van der Waals surface area contributed by atoms with E-state index in [2.05, 4.69) is 32.2 Å². The molecule has 162 valence electrons. The Bertz CT molecular complexity index is 1360. The lowest BCUT2D eigenvalue weighted by molar-refractivity contribution is 0.592. The number of aromatic nitrogens is 3. The zero-order valence-electron chi connectivity index (χ0n) is 17.3. The number of fused-ring (bicyclic) bond motifs is 1. The molecule has 4 rings (SSSR count). The number of halogens is 3. The minimum atomic E-state index is -0.807. The zero-order chi connectivity index (χ0) is 22.8. The predicted molar refractivity (Wildman–Crippen MR) is 119 cm³/mol. The third-order valence-corrected chi connectivity index (χ3v) is 4.89. The Morgan fingerprint density at radius 2 is 1.94 bits per heavy atom. The monoisotopic (exact) mass is 436 g/mol. The number of hydrogen-bond donors (Lipinski definition) is 2. The summed E-state index contributed by atoms with van der Waals surface area (Å²) in [5.41, 5.74) is 2.68. The van der Waals surface area contributed by atoms with E-state index < -0.39 is 17.5 Å². The van der Waals surface area contributed by atoms with Gasteiger partial charge < -0.3 is 15.0 Å². The van der Waals surface area contributed by atoms with Crippen molar-refractivity contribution in [3.05, 3.63) is 84.5 Å². The van der Waals surface area contributed by atoms with E-state index >= 15 is 4.39 Å². The van der Waals surface area contributed by atoms with Crippen LogP contribution in [-0.2, 0) is 0 Å². The van der Waals surface area contributed by atoms with E-state index in [1.807, 2.05) is 0 Å². The van der Waals surface area contributed by atoms with Crippen LogP contribution in [0.3, 0.4) is 0 Å². The summed E-state index contributed by atoms with van der Waals surface area (Å²) in [7, 11) is 1.62. The summed E-state index contributed by atoms with van der Waals surface area (Å²) in [6.45, 7) is 5.58. The summed E-state index contributed by atoms with van der Waals surface area (Å²) < 4.78 is 45.2. The maximum absolute atomic E-state index is 15.3. The van der Waals surface area contributed by atoms with Crippen LogP contribution in [0.1, 0.15) is 11.4 Å². The van der Waals surface area contributed by atoms with Crippen molar-refractivity contribution in [2.75, 3.05) is 12.4 Å². The van der Waals surface area contributed by atoms with Gasteiger partial charge in [0.15, 0.2) is 5.82 Å². The number of aryl methyl sites for hydroxylation is 1. The van der Waals surface area contributed by atoms with Crippen LogP contribution in [0.4, 0.5) is 24.5 Å². The van der Waals surface area contributed by atoms with Crippen molar-refractivity contribution in [1.82, 2.24) is 19.7 Å². The maximum Gasteiger partial charge on any atom is 0.157 e. The molecule has 6 nitrogen and oxygen atoms in total. The highest BCUT2D eigenvalue weighted by atomic mass is 19.1. The molecule has 0 amide bonds.